The lowest BCUT2D eigenvalue weighted by molar-refractivity contribution is -0.142. The summed E-state index contributed by atoms with van der Waals surface area (Å²) in [7, 11) is 0. The predicted molar refractivity (Wildman–Crippen MR) is 97.6 cm³/mol. The number of Topliss-reactive ketones (excluding diaryl/α,β-unsaturated/α-hetero) is 1. The van der Waals surface area contributed by atoms with Crippen molar-refractivity contribution in [2.24, 2.45) is 0 Å². The lowest BCUT2D eigenvalue weighted by Gasteiger charge is -2.24. The zero-order valence-electron chi connectivity index (χ0n) is 14.9. The molecule has 144 valence electrons. The van der Waals surface area contributed by atoms with Gasteiger partial charge in [0.25, 0.3) is 11.7 Å². The van der Waals surface area contributed by atoms with Crippen LogP contribution in [0, 0.1) is 5.82 Å². The van der Waals surface area contributed by atoms with Crippen molar-refractivity contribution in [3.63, 3.8) is 0 Å². The summed E-state index contributed by atoms with van der Waals surface area (Å²) in [6.07, 6.45) is 0. The number of halogens is 2. The van der Waals surface area contributed by atoms with Gasteiger partial charge in [-0.2, -0.15) is 0 Å². The second-order valence-electron chi connectivity index (χ2n) is 6.14. The minimum atomic E-state index is -1.88. The van der Waals surface area contributed by atoms with Gasteiger partial charge in [-0.05, 0) is 25.1 Å². The second-order valence-corrected chi connectivity index (χ2v) is 6.55. The summed E-state index contributed by atoms with van der Waals surface area (Å²) >= 11 is 5.81. The number of benzene rings is 2. The van der Waals surface area contributed by atoms with Crippen molar-refractivity contribution in [3.8, 4) is 0 Å². The highest BCUT2D eigenvalue weighted by molar-refractivity contribution is 6.30. The minimum Gasteiger partial charge on any atom is -0.456 e. The lowest BCUT2D eigenvalue weighted by atomic mass is 9.91. The molecule has 0 bridgehead atoms. The second kappa shape index (κ2) is 7.44. The molecule has 2 aromatic rings. The maximum absolute atomic E-state index is 14.5. The van der Waals surface area contributed by atoms with E-state index in [9.17, 15) is 18.8 Å². The molecule has 0 saturated heterocycles. The van der Waals surface area contributed by atoms with Gasteiger partial charge in [0, 0.05) is 18.1 Å². The molecule has 1 N–H and O–H groups in total. The number of hydrogen-bond donors (Lipinski definition) is 1. The molecule has 1 heterocycles. The molecule has 0 spiro atoms. The largest absolute Gasteiger partial charge is 0.456 e. The van der Waals surface area contributed by atoms with Crippen LogP contribution in [0.2, 0.25) is 5.02 Å². The summed E-state index contributed by atoms with van der Waals surface area (Å²) in [6.45, 7) is 2.39. The van der Waals surface area contributed by atoms with E-state index in [4.69, 9.17) is 21.1 Å². The molecule has 3 rings (SSSR count). The average Bonchev–Trinajstić information content (AvgIpc) is 2.89. The van der Waals surface area contributed by atoms with Crippen molar-refractivity contribution in [2.75, 3.05) is 0 Å². The summed E-state index contributed by atoms with van der Waals surface area (Å²) in [4.78, 5) is 36.8. The van der Waals surface area contributed by atoms with Gasteiger partial charge in [-0.3, -0.25) is 19.7 Å². The van der Waals surface area contributed by atoms with E-state index in [1.165, 1.54) is 25.1 Å². The third-order valence-electron chi connectivity index (χ3n) is 4.13. The molecule has 8 heteroatoms. The van der Waals surface area contributed by atoms with Gasteiger partial charge < -0.3 is 9.47 Å². The molecular weight excluding hydrogens is 389 g/mol. The first-order chi connectivity index (χ1) is 13.2. The lowest BCUT2D eigenvalue weighted by Crippen LogP contribution is -2.33. The first kappa shape index (κ1) is 19.6. The van der Waals surface area contributed by atoms with Crippen LogP contribution in [0.4, 0.5) is 4.39 Å². The molecule has 0 fully saturated rings. The predicted octanol–water partition coefficient (Wildman–Crippen LogP) is 3.46. The van der Waals surface area contributed by atoms with Crippen molar-refractivity contribution < 1.29 is 28.2 Å². The molecule has 0 saturated carbocycles. The van der Waals surface area contributed by atoms with Crippen LogP contribution in [0.25, 0.3) is 0 Å². The molecule has 2 aromatic carbocycles. The Hall–Kier alpha value is -3.19. The number of ether oxygens (including phenoxy) is 2. The van der Waals surface area contributed by atoms with E-state index in [1.807, 2.05) is 0 Å². The van der Waals surface area contributed by atoms with Crippen LogP contribution in [0.15, 0.2) is 60.2 Å². The monoisotopic (exact) mass is 403 g/mol. The molecule has 1 aliphatic rings. The summed E-state index contributed by atoms with van der Waals surface area (Å²) in [5.74, 6) is -3.96. The molecule has 0 aliphatic carbocycles. The maximum Gasteiger partial charge on any atom is 0.308 e. The Morgan fingerprint density at radius 2 is 1.82 bits per heavy atom. The zero-order valence-corrected chi connectivity index (χ0v) is 15.7. The fraction of sp³-hybridized carbons (Fsp3) is 0.150. The molecule has 1 unspecified atom stereocenters. The Labute approximate surface area is 164 Å². The quantitative estimate of drug-likeness (QED) is 0.791. The van der Waals surface area contributed by atoms with Gasteiger partial charge in [-0.15, -0.1) is 0 Å². The molecule has 1 amide bonds. The number of hydrogen-bond acceptors (Lipinski definition) is 5. The van der Waals surface area contributed by atoms with E-state index in [2.05, 4.69) is 5.32 Å². The highest BCUT2D eigenvalue weighted by Crippen LogP contribution is 2.40. The molecule has 0 aromatic heterocycles. The Morgan fingerprint density at radius 1 is 1.14 bits per heavy atom. The van der Waals surface area contributed by atoms with Crippen LogP contribution < -0.4 is 5.32 Å². The third-order valence-corrected chi connectivity index (χ3v) is 4.42. The van der Waals surface area contributed by atoms with Crippen LogP contribution >= 0.6 is 11.6 Å². The fourth-order valence-corrected chi connectivity index (χ4v) is 2.92. The number of carbonyl (C=O) groups is 3. The van der Waals surface area contributed by atoms with Gasteiger partial charge in [0.15, 0.2) is 0 Å². The van der Waals surface area contributed by atoms with Crippen LogP contribution in [0.3, 0.4) is 0 Å². The van der Waals surface area contributed by atoms with E-state index >= 15 is 0 Å². The maximum atomic E-state index is 14.5. The van der Waals surface area contributed by atoms with Gasteiger partial charge in [0.05, 0.1) is 5.02 Å². The number of rotatable bonds is 4. The van der Waals surface area contributed by atoms with E-state index in [-0.39, 0.29) is 22.0 Å². The minimum absolute atomic E-state index is 0.154. The number of esters is 1. The van der Waals surface area contributed by atoms with Gasteiger partial charge in [-0.1, -0.05) is 41.9 Å². The summed E-state index contributed by atoms with van der Waals surface area (Å²) in [5, 5.41) is 2.20. The smallest absolute Gasteiger partial charge is 0.308 e. The highest BCUT2D eigenvalue weighted by atomic mass is 35.5. The van der Waals surface area contributed by atoms with Gasteiger partial charge in [0.2, 0.25) is 17.2 Å². The first-order valence-corrected chi connectivity index (χ1v) is 8.59. The topological polar surface area (TPSA) is 81.7 Å². The van der Waals surface area contributed by atoms with Crippen molar-refractivity contribution >= 4 is 29.3 Å². The van der Waals surface area contributed by atoms with Gasteiger partial charge >= 0.3 is 5.97 Å². The molecule has 6 nitrogen and oxygen atoms in total. The molecule has 1 atom stereocenters. The first-order valence-electron chi connectivity index (χ1n) is 8.21. The van der Waals surface area contributed by atoms with E-state index in [1.54, 1.807) is 30.3 Å². The molecular formula is C20H15ClFNO5. The van der Waals surface area contributed by atoms with Crippen LogP contribution in [-0.2, 0) is 24.7 Å². The SMILES string of the molecule is CC(=O)OC1=C(NC(=O)c2ccccc2)OC(C)(c2cccc(Cl)c2F)C1=O. The third kappa shape index (κ3) is 3.48. The highest BCUT2D eigenvalue weighted by Gasteiger charge is 2.51. The normalized spacial score (nSPS) is 18.6. The Bertz CT molecular complexity index is 1000. The standard InChI is InChI=1S/C20H15ClFNO5/c1-11(24)27-16-17(25)20(2,13-9-6-10-14(21)15(13)22)28-19(16)23-18(26)12-7-4-3-5-8-12/h3-10H,1-2H3,(H,23,26). The molecule has 1 aliphatic heterocycles. The number of carbonyl (C=O) groups excluding carboxylic acids is 3. The number of nitrogens with one attached hydrogen (secondary N) is 1. The summed E-state index contributed by atoms with van der Waals surface area (Å²) in [6, 6.07) is 12.2. The Morgan fingerprint density at radius 3 is 2.46 bits per heavy atom. The van der Waals surface area contributed by atoms with Gasteiger partial charge in [-0.25, -0.2) is 4.39 Å². The van der Waals surface area contributed by atoms with E-state index < -0.39 is 34.8 Å². The van der Waals surface area contributed by atoms with Crippen LogP contribution in [0.5, 0.6) is 0 Å². The van der Waals surface area contributed by atoms with Crippen LogP contribution in [-0.4, -0.2) is 17.7 Å². The van der Waals surface area contributed by atoms with Gasteiger partial charge in [0.1, 0.15) is 5.82 Å². The summed E-state index contributed by atoms with van der Waals surface area (Å²) < 4.78 is 25.1. The number of amides is 1. The number of ketones is 1. The zero-order chi connectivity index (χ0) is 20.5. The molecule has 0 radical (unpaired) electrons. The van der Waals surface area contributed by atoms with Crippen molar-refractivity contribution in [3.05, 3.63) is 82.1 Å². The van der Waals surface area contributed by atoms with Crippen molar-refractivity contribution in [1.29, 1.82) is 0 Å². The summed E-state index contributed by atoms with van der Waals surface area (Å²) in [5.41, 5.74) is -1.74. The van der Waals surface area contributed by atoms with Crippen molar-refractivity contribution in [1.82, 2.24) is 5.32 Å². The van der Waals surface area contributed by atoms with Crippen LogP contribution in [0.1, 0.15) is 29.8 Å². The van der Waals surface area contributed by atoms with E-state index in [0.717, 1.165) is 6.92 Å². The Balaban J connectivity index is 2.00. The average molecular weight is 404 g/mol. The fourth-order valence-electron chi connectivity index (χ4n) is 2.75. The molecule has 28 heavy (non-hydrogen) atoms. The van der Waals surface area contributed by atoms with Crippen molar-refractivity contribution in [2.45, 2.75) is 19.4 Å². The Kier molecular flexibility index (Phi) is 5.20. The van der Waals surface area contributed by atoms with E-state index in [0.29, 0.717) is 0 Å².